The molecule has 4 N–H and O–H groups in total. The van der Waals surface area contributed by atoms with Crippen LogP contribution in [0.25, 0.3) is 0 Å². The van der Waals surface area contributed by atoms with Crippen molar-refractivity contribution in [1.29, 1.82) is 0 Å². The third-order valence-electron chi connectivity index (χ3n) is 13.3. The Balaban J connectivity index is 1.42. The summed E-state index contributed by atoms with van der Waals surface area (Å²) in [7, 11) is 6.86. The van der Waals surface area contributed by atoms with E-state index in [4.69, 9.17) is 14.2 Å². The zero-order valence-corrected chi connectivity index (χ0v) is 38.9. The maximum Gasteiger partial charge on any atom is 0.412 e. The fraction of sp³-hybridized carbons (Fsp3) is 0.761. The van der Waals surface area contributed by atoms with Gasteiger partial charge in [-0.15, -0.1) is 0 Å². The standard InChI is InChI=1S/C46H76N6O9/c1-13-28(4)39(51(10)44(57)38(27(2)3)49-43(56)40-31-19-20-34(24-31)50(40)9)36(59-11)25-37(54)52-21-15-18-35(52)41(60-12)29(5)42(55)47-33(26-53)23-30-16-14-17-32(22-30)48-45(58)61-46(6,7)8/h14,16-17,22,27-29,31,33-36,38-41,53H,13,15,18-21,23-26H2,1-12H3,(H,47,55)(H,48,58)(H,49,56)/t28?,29?,31-,33?,34+,35-,36?,38?,39?,40-,41?/m0/s1. The second-order valence-electron chi connectivity index (χ2n) is 19.1. The van der Waals surface area contributed by atoms with Crippen LogP contribution in [0.2, 0.25) is 0 Å². The first-order valence-corrected chi connectivity index (χ1v) is 22.4. The molecule has 5 amide bonds. The van der Waals surface area contributed by atoms with Gasteiger partial charge in [0.1, 0.15) is 11.6 Å². The van der Waals surface area contributed by atoms with Gasteiger partial charge in [-0.1, -0.05) is 53.2 Å². The number of benzene rings is 1. The van der Waals surface area contributed by atoms with E-state index in [2.05, 4.69) is 27.8 Å². The maximum atomic E-state index is 14.4. The number of amides is 5. The molecule has 3 aliphatic rings. The predicted molar refractivity (Wildman–Crippen MR) is 235 cm³/mol. The fourth-order valence-electron chi connectivity index (χ4n) is 9.86. The van der Waals surface area contributed by atoms with Crippen LogP contribution >= 0.6 is 0 Å². The number of methoxy groups -OCH3 is 2. The average molecular weight is 857 g/mol. The minimum Gasteiger partial charge on any atom is -0.444 e. The summed E-state index contributed by atoms with van der Waals surface area (Å²) >= 11 is 0. The molecule has 2 saturated heterocycles. The number of nitrogens with zero attached hydrogens (tertiary/aromatic N) is 3. The number of nitrogens with one attached hydrogen (secondary N) is 3. The molecule has 61 heavy (non-hydrogen) atoms. The maximum absolute atomic E-state index is 14.4. The van der Waals surface area contributed by atoms with E-state index in [1.807, 2.05) is 33.9 Å². The molecule has 11 atom stereocenters. The van der Waals surface area contributed by atoms with E-state index in [-0.39, 0.29) is 60.6 Å². The number of rotatable bonds is 20. The smallest absolute Gasteiger partial charge is 0.412 e. The quantitative estimate of drug-likeness (QED) is 0.145. The first-order chi connectivity index (χ1) is 28.7. The Morgan fingerprint density at radius 2 is 1.70 bits per heavy atom. The number of carbonyl (C=O) groups excluding carboxylic acids is 5. The number of piperidine rings is 1. The summed E-state index contributed by atoms with van der Waals surface area (Å²) in [6, 6.07) is 5.13. The lowest BCUT2D eigenvalue weighted by atomic mass is 9.89. The Morgan fingerprint density at radius 3 is 2.28 bits per heavy atom. The van der Waals surface area contributed by atoms with Gasteiger partial charge < -0.3 is 39.8 Å². The van der Waals surface area contributed by atoms with Gasteiger partial charge in [0.05, 0.1) is 55.3 Å². The van der Waals surface area contributed by atoms with Gasteiger partial charge in [0.15, 0.2) is 0 Å². The summed E-state index contributed by atoms with van der Waals surface area (Å²) in [4.78, 5) is 74.1. The molecule has 0 radical (unpaired) electrons. The van der Waals surface area contributed by atoms with Gasteiger partial charge in [-0.2, -0.15) is 0 Å². The van der Waals surface area contributed by atoms with Gasteiger partial charge in [-0.25, -0.2) is 4.79 Å². The average Bonchev–Trinajstić information content (AvgIpc) is 3.96. The number of aliphatic hydroxyl groups is 1. The molecule has 15 nitrogen and oxygen atoms in total. The van der Waals surface area contributed by atoms with E-state index in [1.165, 1.54) is 0 Å². The molecule has 0 spiro atoms. The molecule has 3 fully saturated rings. The molecule has 7 unspecified atom stereocenters. The molecule has 1 aromatic carbocycles. The van der Waals surface area contributed by atoms with Crippen LogP contribution in [0.5, 0.6) is 0 Å². The van der Waals surface area contributed by atoms with Crippen LogP contribution in [0.4, 0.5) is 10.5 Å². The largest absolute Gasteiger partial charge is 0.444 e. The second kappa shape index (κ2) is 22.0. The number of hydrogen-bond acceptors (Lipinski definition) is 10. The van der Waals surface area contributed by atoms with Crippen LogP contribution in [0.1, 0.15) is 106 Å². The lowest BCUT2D eigenvalue weighted by Gasteiger charge is -2.41. The Bertz CT molecular complexity index is 1650. The third-order valence-corrected chi connectivity index (χ3v) is 13.3. The monoisotopic (exact) mass is 857 g/mol. The lowest BCUT2D eigenvalue weighted by molar-refractivity contribution is -0.148. The van der Waals surface area contributed by atoms with Crippen molar-refractivity contribution in [1.82, 2.24) is 25.3 Å². The van der Waals surface area contributed by atoms with Crippen molar-refractivity contribution in [2.24, 2.45) is 23.7 Å². The van der Waals surface area contributed by atoms with E-state index >= 15 is 0 Å². The molecule has 2 heterocycles. The SMILES string of the molecule is CCC(C)C(C(CC(=O)N1CCC[C@H]1C(OC)C(C)C(=O)NC(CO)Cc1cccc(NC(=O)OC(C)(C)C)c1)OC)N(C)C(=O)C(NC(=O)[C@@H]1[C@H]2CC[C@H](C2)N1C)C(C)C. The van der Waals surface area contributed by atoms with Crippen LogP contribution < -0.4 is 16.0 Å². The highest BCUT2D eigenvalue weighted by Gasteiger charge is 2.49. The highest BCUT2D eigenvalue weighted by atomic mass is 16.6. The molecule has 2 bridgehead atoms. The highest BCUT2D eigenvalue weighted by Crippen LogP contribution is 2.41. The zero-order valence-electron chi connectivity index (χ0n) is 38.9. The van der Waals surface area contributed by atoms with Crippen LogP contribution in [0.3, 0.4) is 0 Å². The zero-order chi connectivity index (χ0) is 45.3. The van der Waals surface area contributed by atoms with Crippen LogP contribution in [0.15, 0.2) is 24.3 Å². The van der Waals surface area contributed by atoms with E-state index in [0.717, 1.165) is 37.7 Å². The summed E-state index contributed by atoms with van der Waals surface area (Å²) in [5, 5.41) is 19.1. The van der Waals surface area contributed by atoms with Crippen LogP contribution in [-0.2, 0) is 39.8 Å². The number of likely N-dealkylation sites (N-methyl/N-ethyl adjacent to an activating group) is 2. The number of anilines is 1. The third kappa shape index (κ3) is 12.7. The summed E-state index contributed by atoms with van der Waals surface area (Å²) < 4.78 is 17.4. The van der Waals surface area contributed by atoms with Crippen molar-refractivity contribution >= 4 is 35.4 Å². The van der Waals surface area contributed by atoms with Crippen molar-refractivity contribution in [3.05, 3.63) is 29.8 Å². The van der Waals surface area contributed by atoms with E-state index in [1.54, 1.807) is 77.0 Å². The molecular formula is C46H76N6O9. The number of fused-ring (bicyclic) bond motifs is 2. The number of aliphatic hydroxyl groups excluding tert-OH is 1. The first kappa shape index (κ1) is 49.9. The molecule has 2 aliphatic heterocycles. The van der Waals surface area contributed by atoms with E-state index < -0.39 is 47.9 Å². The van der Waals surface area contributed by atoms with Crippen LogP contribution in [0, 0.1) is 23.7 Å². The molecule has 1 saturated carbocycles. The van der Waals surface area contributed by atoms with Crippen molar-refractivity contribution in [2.75, 3.05) is 46.8 Å². The van der Waals surface area contributed by atoms with Gasteiger partial charge in [0, 0.05) is 39.5 Å². The van der Waals surface area contributed by atoms with Crippen molar-refractivity contribution in [3.63, 3.8) is 0 Å². The summed E-state index contributed by atoms with van der Waals surface area (Å²) in [6.45, 7) is 15.3. The molecule has 1 aromatic rings. The summed E-state index contributed by atoms with van der Waals surface area (Å²) in [5.74, 6) is -1.34. The molecule has 4 rings (SSSR count). The number of ether oxygens (including phenoxy) is 3. The van der Waals surface area contributed by atoms with Crippen molar-refractivity contribution < 1.29 is 43.3 Å². The normalized spacial score (nSPS) is 23.7. The Labute approximate surface area is 364 Å². The van der Waals surface area contributed by atoms with Crippen LogP contribution in [-0.4, -0.2) is 145 Å². The molecule has 344 valence electrons. The van der Waals surface area contributed by atoms with Gasteiger partial charge in [-0.3, -0.25) is 29.4 Å². The first-order valence-electron chi connectivity index (χ1n) is 22.4. The topological polar surface area (TPSA) is 179 Å². The Kier molecular flexibility index (Phi) is 18.0. The fourth-order valence-corrected chi connectivity index (χ4v) is 9.86. The Morgan fingerprint density at radius 1 is 1.00 bits per heavy atom. The highest BCUT2D eigenvalue weighted by molar-refractivity contribution is 5.90. The number of carbonyl (C=O) groups is 5. The summed E-state index contributed by atoms with van der Waals surface area (Å²) in [6.07, 6.45) is 3.73. The van der Waals surface area contributed by atoms with E-state index in [0.29, 0.717) is 37.0 Å². The number of hydrogen-bond donors (Lipinski definition) is 4. The minimum atomic E-state index is -0.736. The van der Waals surface area contributed by atoms with Gasteiger partial charge in [0.25, 0.3) is 0 Å². The minimum absolute atomic E-state index is 0.0136. The van der Waals surface area contributed by atoms with Crippen molar-refractivity contribution in [2.45, 2.75) is 161 Å². The van der Waals surface area contributed by atoms with E-state index in [9.17, 15) is 29.1 Å². The van der Waals surface area contributed by atoms with Gasteiger partial charge in [0.2, 0.25) is 23.6 Å². The second-order valence-corrected chi connectivity index (χ2v) is 19.1. The van der Waals surface area contributed by atoms with Gasteiger partial charge in [-0.05, 0) is 102 Å². The molecule has 1 aliphatic carbocycles. The number of likely N-dealkylation sites (tertiary alicyclic amines) is 2. The van der Waals surface area contributed by atoms with Crippen molar-refractivity contribution in [3.8, 4) is 0 Å². The molecular weight excluding hydrogens is 781 g/mol. The predicted octanol–water partition coefficient (Wildman–Crippen LogP) is 4.60. The van der Waals surface area contributed by atoms with Gasteiger partial charge >= 0.3 is 6.09 Å². The molecule has 15 heteroatoms. The Hall–Kier alpha value is -3.79. The summed E-state index contributed by atoms with van der Waals surface area (Å²) in [5.41, 5.74) is 0.667. The molecule has 0 aromatic heterocycles. The lowest BCUT2D eigenvalue weighted by Crippen LogP contribution is -2.60.